The van der Waals surface area contributed by atoms with Gasteiger partial charge in [0.15, 0.2) is 0 Å². The molecule has 2 rings (SSSR count). The monoisotopic (exact) mass is 327 g/mol. The highest BCUT2D eigenvalue weighted by Gasteiger charge is 2.10. The lowest BCUT2D eigenvalue weighted by atomic mass is 10.2. The fourth-order valence-corrected chi connectivity index (χ4v) is 2.16. The molecule has 0 unspecified atom stereocenters. The molecule has 2 aromatic rings. The molecule has 0 aliphatic heterocycles. The number of hydrogen-bond donors (Lipinski definition) is 1. The van der Waals surface area contributed by atoms with Crippen LogP contribution in [0.15, 0.2) is 46.9 Å². The zero-order valence-corrected chi connectivity index (χ0v) is 11.4. The van der Waals surface area contributed by atoms with Crippen molar-refractivity contribution in [2.75, 3.05) is 5.32 Å². The van der Waals surface area contributed by atoms with Gasteiger partial charge in [-0.3, -0.25) is 4.79 Å². The Bertz CT molecular complexity index is 583. The van der Waals surface area contributed by atoms with Gasteiger partial charge in [0.25, 0.3) is 5.91 Å². The van der Waals surface area contributed by atoms with E-state index in [1.165, 1.54) is 18.2 Å². The van der Waals surface area contributed by atoms with Crippen LogP contribution in [0.2, 0.25) is 5.02 Å². The van der Waals surface area contributed by atoms with Crippen molar-refractivity contribution in [3.05, 3.63) is 63.3 Å². The molecule has 0 aliphatic carbocycles. The van der Waals surface area contributed by atoms with E-state index in [1.807, 2.05) is 0 Å². The van der Waals surface area contributed by atoms with Gasteiger partial charge in [-0.25, -0.2) is 4.39 Å². The summed E-state index contributed by atoms with van der Waals surface area (Å²) in [5.41, 5.74) is 0.790. The normalized spacial score (nSPS) is 10.2. The summed E-state index contributed by atoms with van der Waals surface area (Å²) in [7, 11) is 0. The molecule has 5 heteroatoms. The van der Waals surface area contributed by atoms with Crippen LogP contribution in [0.5, 0.6) is 0 Å². The van der Waals surface area contributed by atoms with Crippen molar-refractivity contribution >= 4 is 39.1 Å². The molecule has 2 nitrogen and oxygen atoms in total. The summed E-state index contributed by atoms with van der Waals surface area (Å²) in [6, 6.07) is 10.8. The number of benzene rings is 2. The first kappa shape index (κ1) is 13.1. The van der Waals surface area contributed by atoms with Gasteiger partial charge in [0.1, 0.15) is 5.82 Å². The van der Waals surface area contributed by atoms with Gasteiger partial charge in [0.05, 0.1) is 5.56 Å². The first-order chi connectivity index (χ1) is 8.56. The first-order valence-electron chi connectivity index (χ1n) is 5.08. The van der Waals surface area contributed by atoms with E-state index < -0.39 is 5.82 Å². The van der Waals surface area contributed by atoms with Crippen LogP contribution in [0.1, 0.15) is 10.4 Å². The fourth-order valence-electron chi connectivity index (χ4n) is 1.47. The van der Waals surface area contributed by atoms with Gasteiger partial charge in [0, 0.05) is 15.2 Å². The number of carbonyl (C=O) groups is 1. The second kappa shape index (κ2) is 5.50. The number of anilines is 1. The van der Waals surface area contributed by atoms with Gasteiger partial charge < -0.3 is 5.32 Å². The van der Waals surface area contributed by atoms with Gasteiger partial charge in [-0.05, 0) is 46.3 Å². The SMILES string of the molecule is O=C(Nc1cc(F)cc(Cl)c1)c1ccccc1Br. The largest absolute Gasteiger partial charge is 0.322 e. The predicted molar refractivity (Wildman–Crippen MR) is 73.5 cm³/mol. The molecule has 0 heterocycles. The second-order valence-corrected chi connectivity index (χ2v) is 4.88. The quantitative estimate of drug-likeness (QED) is 0.864. The highest BCUT2D eigenvalue weighted by atomic mass is 79.9. The zero-order chi connectivity index (χ0) is 13.1. The maximum absolute atomic E-state index is 13.1. The lowest BCUT2D eigenvalue weighted by Gasteiger charge is -2.07. The average molecular weight is 329 g/mol. The maximum atomic E-state index is 13.1. The van der Waals surface area contributed by atoms with Crippen LogP contribution in [0.25, 0.3) is 0 Å². The summed E-state index contributed by atoms with van der Waals surface area (Å²) in [6.45, 7) is 0. The molecule has 1 N–H and O–H groups in total. The van der Waals surface area contributed by atoms with Crippen LogP contribution in [-0.4, -0.2) is 5.91 Å². The Hall–Kier alpha value is -1.39. The molecule has 0 spiro atoms. The lowest BCUT2D eigenvalue weighted by Crippen LogP contribution is -2.12. The van der Waals surface area contributed by atoms with Crippen LogP contribution in [-0.2, 0) is 0 Å². The summed E-state index contributed by atoms with van der Waals surface area (Å²) in [4.78, 5) is 12.0. The van der Waals surface area contributed by atoms with Crippen molar-refractivity contribution in [3.8, 4) is 0 Å². The Balaban J connectivity index is 2.24. The van der Waals surface area contributed by atoms with Crippen molar-refractivity contribution in [3.63, 3.8) is 0 Å². The number of rotatable bonds is 2. The molecular weight excluding hydrogens is 321 g/mol. The number of hydrogen-bond acceptors (Lipinski definition) is 1. The van der Waals surface area contributed by atoms with Gasteiger partial charge in [0.2, 0.25) is 0 Å². The Kier molecular flexibility index (Phi) is 3.99. The van der Waals surface area contributed by atoms with Gasteiger partial charge in [-0.15, -0.1) is 0 Å². The van der Waals surface area contributed by atoms with E-state index in [0.29, 0.717) is 15.7 Å². The third kappa shape index (κ3) is 3.09. The second-order valence-electron chi connectivity index (χ2n) is 3.59. The highest BCUT2D eigenvalue weighted by molar-refractivity contribution is 9.10. The van der Waals surface area contributed by atoms with Crippen molar-refractivity contribution in [1.82, 2.24) is 0 Å². The minimum Gasteiger partial charge on any atom is -0.322 e. The van der Waals surface area contributed by atoms with Gasteiger partial charge >= 0.3 is 0 Å². The molecule has 1 amide bonds. The maximum Gasteiger partial charge on any atom is 0.256 e. The van der Waals surface area contributed by atoms with Crippen molar-refractivity contribution in [2.45, 2.75) is 0 Å². The van der Waals surface area contributed by atoms with Crippen LogP contribution in [0.4, 0.5) is 10.1 Å². The van der Waals surface area contributed by atoms with Gasteiger partial charge in [-0.2, -0.15) is 0 Å². The Morgan fingerprint density at radius 2 is 1.94 bits per heavy atom. The summed E-state index contributed by atoms with van der Waals surface area (Å²) in [5, 5.41) is 2.82. The molecule has 18 heavy (non-hydrogen) atoms. The van der Waals surface area contributed by atoms with Gasteiger partial charge in [-0.1, -0.05) is 23.7 Å². The predicted octanol–water partition coefficient (Wildman–Crippen LogP) is 4.49. The summed E-state index contributed by atoms with van der Waals surface area (Å²) in [5.74, 6) is -0.825. The van der Waals surface area contributed by atoms with Crippen molar-refractivity contribution in [2.24, 2.45) is 0 Å². The Morgan fingerprint density at radius 1 is 1.22 bits per heavy atom. The van der Waals surface area contributed by atoms with Crippen molar-refractivity contribution < 1.29 is 9.18 Å². The van der Waals surface area contributed by atoms with E-state index in [2.05, 4.69) is 21.2 Å². The molecule has 2 aromatic carbocycles. The molecular formula is C13H8BrClFNO. The minimum absolute atomic E-state index is 0.234. The topological polar surface area (TPSA) is 29.1 Å². The first-order valence-corrected chi connectivity index (χ1v) is 6.25. The van der Waals surface area contributed by atoms with Crippen LogP contribution >= 0.6 is 27.5 Å². The third-order valence-corrected chi connectivity index (χ3v) is 3.15. The van der Waals surface area contributed by atoms with E-state index in [1.54, 1.807) is 24.3 Å². The highest BCUT2D eigenvalue weighted by Crippen LogP contribution is 2.21. The fraction of sp³-hybridized carbons (Fsp3) is 0. The number of nitrogens with one attached hydrogen (secondary N) is 1. The molecule has 0 bridgehead atoms. The summed E-state index contributed by atoms with van der Waals surface area (Å²) < 4.78 is 13.8. The van der Waals surface area contributed by atoms with E-state index in [4.69, 9.17) is 11.6 Å². The standard InChI is InChI=1S/C13H8BrClFNO/c14-12-4-2-1-3-11(12)13(18)17-10-6-8(15)5-9(16)7-10/h1-7H,(H,17,18). The molecule has 92 valence electrons. The van der Waals surface area contributed by atoms with Crippen molar-refractivity contribution in [1.29, 1.82) is 0 Å². The number of halogens is 3. The van der Waals surface area contributed by atoms with E-state index in [-0.39, 0.29) is 10.9 Å². The van der Waals surface area contributed by atoms with E-state index >= 15 is 0 Å². The molecule has 0 aromatic heterocycles. The molecule has 0 fully saturated rings. The van der Waals surface area contributed by atoms with E-state index in [0.717, 1.165) is 0 Å². The molecule has 0 saturated carbocycles. The molecule has 0 saturated heterocycles. The number of carbonyl (C=O) groups excluding carboxylic acids is 1. The lowest BCUT2D eigenvalue weighted by molar-refractivity contribution is 0.102. The molecule has 0 radical (unpaired) electrons. The smallest absolute Gasteiger partial charge is 0.256 e. The minimum atomic E-state index is -0.495. The van der Waals surface area contributed by atoms with Crippen LogP contribution in [0.3, 0.4) is 0 Å². The Labute approximate surface area is 117 Å². The summed E-state index contributed by atoms with van der Waals surface area (Å²) >= 11 is 8.99. The van der Waals surface area contributed by atoms with Crippen LogP contribution in [0, 0.1) is 5.82 Å². The van der Waals surface area contributed by atoms with Crippen LogP contribution < -0.4 is 5.32 Å². The number of amides is 1. The Morgan fingerprint density at radius 3 is 2.61 bits per heavy atom. The van der Waals surface area contributed by atoms with E-state index in [9.17, 15) is 9.18 Å². The third-order valence-electron chi connectivity index (χ3n) is 2.24. The molecule has 0 atom stereocenters. The summed E-state index contributed by atoms with van der Waals surface area (Å²) in [6.07, 6.45) is 0. The molecule has 0 aliphatic rings. The average Bonchev–Trinajstić information content (AvgIpc) is 2.27. The zero-order valence-electron chi connectivity index (χ0n) is 9.08.